The van der Waals surface area contributed by atoms with E-state index >= 15 is 0 Å². The highest BCUT2D eigenvalue weighted by Crippen LogP contribution is 2.24. The minimum atomic E-state index is -0.0713. The van der Waals surface area contributed by atoms with Gasteiger partial charge in [-0.2, -0.15) is 5.10 Å². The van der Waals surface area contributed by atoms with Crippen LogP contribution in [0.1, 0.15) is 19.4 Å². The number of anilines is 1. The Hall–Kier alpha value is -1.62. The summed E-state index contributed by atoms with van der Waals surface area (Å²) in [4.78, 5) is 20.8. The summed E-state index contributed by atoms with van der Waals surface area (Å²) in [5.41, 5.74) is 2.01. The largest absolute Gasteiger partial charge is 0.355 e. The number of hydrogen-bond donors (Lipinski definition) is 1. The zero-order valence-corrected chi connectivity index (χ0v) is 21.1. The number of carbonyl (C=O) groups excluding carboxylic acids is 1. The second kappa shape index (κ2) is 9.92. The Morgan fingerprint density at radius 3 is 2.52 bits per heavy atom. The van der Waals surface area contributed by atoms with E-state index in [1.165, 1.54) is 5.56 Å². The molecular weight excluding hydrogens is 547 g/mol. The Morgan fingerprint density at radius 1 is 1.28 bits per heavy atom. The molecule has 1 aliphatic rings. The quantitative estimate of drug-likeness (QED) is 0.346. The van der Waals surface area contributed by atoms with Crippen molar-refractivity contribution in [3.8, 4) is 0 Å². The molecule has 3 rings (SSSR count). The summed E-state index contributed by atoms with van der Waals surface area (Å²) in [7, 11) is 3.61. The molecule has 7 nitrogen and oxygen atoms in total. The van der Waals surface area contributed by atoms with E-state index in [-0.39, 0.29) is 35.3 Å². The normalized spacial score (nSPS) is 15.3. The number of nitrogens with zero attached hydrogens (tertiary/aromatic N) is 5. The number of carbonyl (C=O) groups is 1. The smallest absolute Gasteiger partial charge is 0.246 e. The van der Waals surface area contributed by atoms with Gasteiger partial charge >= 0.3 is 0 Å². The maximum absolute atomic E-state index is 12.6. The maximum Gasteiger partial charge on any atom is 0.246 e. The van der Waals surface area contributed by atoms with E-state index < -0.39 is 0 Å². The van der Waals surface area contributed by atoms with Crippen molar-refractivity contribution in [2.24, 2.45) is 12.0 Å². The summed E-state index contributed by atoms with van der Waals surface area (Å²) in [5, 5.41) is 7.61. The minimum Gasteiger partial charge on any atom is -0.355 e. The van der Waals surface area contributed by atoms with E-state index in [1.807, 2.05) is 18.1 Å². The Balaban J connectivity index is 0.00000300. The van der Waals surface area contributed by atoms with E-state index in [9.17, 15) is 4.79 Å². The first-order chi connectivity index (χ1) is 13.3. The van der Waals surface area contributed by atoms with Gasteiger partial charge < -0.3 is 15.1 Å². The minimum absolute atomic E-state index is 0. The predicted molar refractivity (Wildman–Crippen MR) is 131 cm³/mol. The van der Waals surface area contributed by atoms with Gasteiger partial charge in [-0.15, -0.1) is 24.0 Å². The average molecular weight is 575 g/mol. The van der Waals surface area contributed by atoms with Crippen LogP contribution in [0.3, 0.4) is 0 Å². The Bertz CT molecular complexity index is 864. The molecule has 9 heteroatoms. The van der Waals surface area contributed by atoms with Crippen LogP contribution in [0.15, 0.2) is 46.1 Å². The van der Waals surface area contributed by atoms with Crippen molar-refractivity contribution in [1.82, 2.24) is 20.0 Å². The topological polar surface area (TPSA) is 65.8 Å². The van der Waals surface area contributed by atoms with Gasteiger partial charge in [0.15, 0.2) is 5.96 Å². The third kappa shape index (κ3) is 5.71. The van der Waals surface area contributed by atoms with Crippen LogP contribution in [-0.2, 0) is 17.3 Å². The number of guanidine groups is 1. The van der Waals surface area contributed by atoms with Crippen LogP contribution in [0.25, 0.3) is 0 Å². The second-order valence-corrected chi connectivity index (χ2v) is 8.55. The molecule has 1 aliphatic heterocycles. The molecule has 1 aromatic heterocycles. The lowest BCUT2D eigenvalue weighted by molar-refractivity contribution is -0.120. The first kappa shape index (κ1) is 23.7. The van der Waals surface area contributed by atoms with Gasteiger partial charge in [0, 0.05) is 49.8 Å². The first-order valence-electron chi connectivity index (χ1n) is 9.31. The van der Waals surface area contributed by atoms with Gasteiger partial charge in [0.1, 0.15) is 6.54 Å². The van der Waals surface area contributed by atoms with E-state index in [0.29, 0.717) is 13.1 Å². The van der Waals surface area contributed by atoms with Crippen molar-refractivity contribution >= 4 is 57.5 Å². The number of aromatic nitrogens is 2. The molecular formula is C20H28BrIN6O. The van der Waals surface area contributed by atoms with Crippen LogP contribution in [0.2, 0.25) is 0 Å². The monoisotopic (exact) mass is 574 g/mol. The standard InChI is InChI=1S/C20H27BrN6O.HI/c1-20(2,15-5-7-16(21)8-6-15)14-23-19(22-3)26-9-10-27(18(28)13-26)17-11-24-25(4)12-17;/h5-8,11-12H,9-10,13-14H2,1-4H3,(H,22,23);1H. The summed E-state index contributed by atoms with van der Waals surface area (Å²) in [5.74, 6) is 0.804. The molecule has 2 heterocycles. The third-order valence-corrected chi connectivity index (χ3v) is 5.58. The number of rotatable bonds is 4. The molecule has 0 radical (unpaired) electrons. The fourth-order valence-corrected chi connectivity index (χ4v) is 3.57. The van der Waals surface area contributed by atoms with Crippen LogP contribution in [0.5, 0.6) is 0 Å². The Kier molecular flexibility index (Phi) is 8.10. The van der Waals surface area contributed by atoms with Crippen molar-refractivity contribution in [2.45, 2.75) is 19.3 Å². The number of halogens is 2. The number of aliphatic imine (C=N–C) groups is 1. The maximum atomic E-state index is 12.6. The lowest BCUT2D eigenvalue weighted by Crippen LogP contribution is -2.56. The van der Waals surface area contributed by atoms with Crippen LogP contribution in [-0.4, -0.2) is 59.8 Å². The van der Waals surface area contributed by atoms with Gasteiger partial charge in [-0.3, -0.25) is 14.5 Å². The molecule has 0 unspecified atom stereocenters. The number of hydrogen-bond acceptors (Lipinski definition) is 3. The van der Waals surface area contributed by atoms with Crippen LogP contribution >= 0.6 is 39.9 Å². The van der Waals surface area contributed by atoms with Gasteiger partial charge in [-0.05, 0) is 17.7 Å². The molecule has 0 bridgehead atoms. The Labute approximate surface area is 197 Å². The first-order valence-corrected chi connectivity index (χ1v) is 10.1. The summed E-state index contributed by atoms with van der Waals surface area (Å²) < 4.78 is 2.78. The SMILES string of the molecule is CN=C(NCC(C)(C)c1ccc(Br)cc1)N1CCN(c2cnn(C)c2)C(=O)C1.I. The lowest BCUT2D eigenvalue weighted by Gasteiger charge is -2.36. The molecule has 158 valence electrons. The molecule has 1 aromatic carbocycles. The fraction of sp³-hybridized carbons (Fsp3) is 0.450. The fourth-order valence-electron chi connectivity index (χ4n) is 3.31. The van der Waals surface area contributed by atoms with Crippen molar-refractivity contribution in [2.75, 3.05) is 38.1 Å². The van der Waals surface area contributed by atoms with E-state index in [0.717, 1.165) is 29.2 Å². The van der Waals surface area contributed by atoms with E-state index in [1.54, 1.807) is 22.8 Å². The van der Waals surface area contributed by atoms with Crippen molar-refractivity contribution < 1.29 is 4.79 Å². The number of benzene rings is 1. The number of amides is 1. The average Bonchev–Trinajstić information content (AvgIpc) is 3.08. The molecule has 1 saturated heterocycles. The molecule has 0 aliphatic carbocycles. The highest BCUT2D eigenvalue weighted by atomic mass is 127. The molecule has 29 heavy (non-hydrogen) atoms. The van der Waals surface area contributed by atoms with Crippen molar-refractivity contribution in [3.05, 3.63) is 46.7 Å². The summed E-state index contributed by atoms with van der Waals surface area (Å²) in [6.45, 7) is 6.75. The van der Waals surface area contributed by atoms with Gasteiger partial charge in [0.2, 0.25) is 5.91 Å². The van der Waals surface area contributed by atoms with Gasteiger partial charge in [-0.25, -0.2) is 0 Å². The molecule has 1 fully saturated rings. The Morgan fingerprint density at radius 2 is 1.97 bits per heavy atom. The highest BCUT2D eigenvalue weighted by Gasteiger charge is 2.29. The van der Waals surface area contributed by atoms with Crippen LogP contribution in [0, 0.1) is 0 Å². The van der Waals surface area contributed by atoms with Crippen LogP contribution in [0.4, 0.5) is 5.69 Å². The van der Waals surface area contributed by atoms with E-state index in [2.05, 4.69) is 69.5 Å². The highest BCUT2D eigenvalue weighted by molar-refractivity contribution is 14.0. The van der Waals surface area contributed by atoms with Gasteiger partial charge in [-0.1, -0.05) is 41.9 Å². The number of nitrogens with one attached hydrogen (secondary N) is 1. The molecule has 1 amide bonds. The van der Waals surface area contributed by atoms with Crippen molar-refractivity contribution in [1.29, 1.82) is 0 Å². The summed E-state index contributed by atoms with van der Waals surface area (Å²) in [6, 6.07) is 8.37. The molecule has 0 saturated carbocycles. The van der Waals surface area contributed by atoms with E-state index in [4.69, 9.17) is 0 Å². The summed E-state index contributed by atoms with van der Waals surface area (Å²) >= 11 is 3.48. The van der Waals surface area contributed by atoms with Gasteiger partial charge in [0.05, 0.1) is 11.9 Å². The molecule has 1 N–H and O–H groups in total. The molecule has 0 atom stereocenters. The lowest BCUT2D eigenvalue weighted by atomic mass is 9.85. The van der Waals surface area contributed by atoms with Gasteiger partial charge in [0.25, 0.3) is 0 Å². The number of piperazine rings is 1. The third-order valence-electron chi connectivity index (χ3n) is 5.05. The van der Waals surface area contributed by atoms with Crippen LogP contribution < -0.4 is 10.2 Å². The summed E-state index contributed by atoms with van der Waals surface area (Å²) in [6.07, 6.45) is 3.59. The zero-order valence-electron chi connectivity index (χ0n) is 17.2. The second-order valence-electron chi connectivity index (χ2n) is 7.63. The molecule has 0 spiro atoms. The zero-order chi connectivity index (χ0) is 20.3. The predicted octanol–water partition coefficient (Wildman–Crippen LogP) is 3.00. The molecule has 2 aromatic rings. The van der Waals surface area contributed by atoms with Crippen molar-refractivity contribution in [3.63, 3.8) is 0 Å². The number of aryl methyl sites for hydroxylation is 1.